The number of nitrogens with one attached hydrogen (secondary N) is 1. The van der Waals surface area contributed by atoms with Crippen molar-refractivity contribution in [2.24, 2.45) is 4.99 Å². The molecule has 0 aromatic heterocycles. The number of ether oxygens (including phenoxy) is 2. The fourth-order valence-corrected chi connectivity index (χ4v) is 2.34. The van der Waals surface area contributed by atoms with Gasteiger partial charge in [-0.15, -0.1) is 0 Å². The van der Waals surface area contributed by atoms with Gasteiger partial charge in [0.15, 0.2) is 11.6 Å². The minimum atomic E-state index is -5.75. The third-order valence-electron chi connectivity index (χ3n) is 3.73. The molecule has 2 amide bonds. The minimum absolute atomic E-state index is 0.563. The number of rotatable bonds is 4. The first-order chi connectivity index (χ1) is 14.8. The number of nitro groups is 1. The number of amides is 2. The standard InChI is InChI=1S/C17H10F7N3O5/c1-25-16(28)26-15(31-2)7-5-6(3-4-8(7)27(29)30)32-14-12(20)10(18)9(17(22,23)24)11(19)13(14)21/h3-5H,1-2H3,(H,25,28). The van der Waals surface area contributed by atoms with Gasteiger partial charge in [-0.2, -0.15) is 26.9 Å². The average Bonchev–Trinajstić information content (AvgIpc) is 2.72. The highest BCUT2D eigenvalue weighted by Crippen LogP contribution is 2.41. The summed E-state index contributed by atoms with van der Waals surface area (Å²) in [5.74, 6) is -13.8. The van der Waals surface area contributed by atoms with Crippen molar-refractivity contribution in [2.75, 3.05) is 14.2 Å². The molecule has 0 heterocycles. The van der Waals surface area contributed by atoms with Crippen LogP contribution < -0.4 is 10.1 Å². The molecule has 0 fully saturated rings. The van der Waals surface area contributed by atoms with E-state index in [2.05, 4.69) is 15.0 Å². The number of hydrogen-bond donors (Lipinski definition) is 1. The molecule has 2 rings (SSSR count). The predicted molar refractivity (Wildman–Crippen MR) is 92.4 cm³/mol. The summed E-state index contributed by atoms with van der Waals surface area (Å²) < 4.78 is 103. The van der Waals surface area contributed by atoms with Gasteiger partial charge in [0.05, 0.1) is 12.0 Å². The Morgan fingerprint density at radius 1 is 1.09 bits per heavy atom. The van der Waals surface area contributed by atoms with Gasteiger partial charge in [0.25, 0.3) is 5.69 Å². The maximum atomic E-state index is 14.1. The highest BCUT2D eigenvalue weighted by atomic mass is 19.4. The number of methoxy groups -OCH3 is 1. The number of aliphatic imine (C=N–C) groups is 1. The van der Waals surface area contributed by atoms with E-state index >= 15 is 0 Å². The fourth-order valence-electron chi connectivity index (χ4n) is 2.34. The highest BCUT2D eigenvalue weighted by molar-refractivity contribution is 6.04. The van der Waals surface area contributed by atoms with Crippen LogP contribution in [0.3, 0.4) is 0 Å². The lowest BCUT2D eigenvalue weighted by atomic mass is 10.1. The van der Waals surface area contributed by atoms with Crippen molar-refractivity contribution in [3.05, 3.63) is 62.7 Å². The monoisotopic (exact) mass is 469 g/mol. The van der Waals surface area contributed by atoms with Crippen LogP contribution in [0.4, 0.5) is 41.2 Å². The van der Waals surface area contributed by atoms with E-state index in [1.54, 1.807) is 0 Å². The molecule has 0 atom stereocenters. The number of carbonyl (C=O) groups excluding carboxylic acids is 1. The third-order valence-corrected chi connectivity index (χ3v) is 3.73. The Morgan fingerprint density at radius 3 is 2.09 bits per heavy atom. The molecule has 8 nitrogen and oxygen atoms in total. The Bertz CT molecular complexity index is 1090. The maximum absolute atomic E-state index is 14.1. The number of carbonyl (C=O) groups is 1. The summed E-state index contributed by atoms with van der Waals surface area (Å²) in [7, 11) is 2.14. The number of halogens is 7. The van der Waals surface area contributed by atoms with E-state index in [1.807, 2.05) is 0 Å². The first kappa shape index (κ1) is 24.4. The van der Waals surface area contributed by atoms with Crippen molar-refractivity contribution in [3.8, 4) is 11.5 Å². The number of hydrogen-bond acceptors (Lipinski definition) is 5. The van der Waals surface area contributed by atoms with E-state index in [9.17, 15) is 45.6 Å². The number of alkyl halides is 3. The zero-order valence-electron chi connectivity index (χ0n) is 15.8. The largest absolute Gasteiger partial charge is 0.480 e. The van der Waals surface area contributed by atoms with Crippen molar-refractivity contribution < 1.29 is 49.9 Å². The van der Waals surface area contributed by atoms with Crippen LogP contribution in [0.5, 0.6) is 11.5 Å². The van der Waals surface area contributed by atoms with Crippen LogP contribution in [0.25, 0.3) is 0 Å². The molecule has 2 aromatic carbocycles. The predicted octanol–water partition coefficient (Wildman–Crippen LogP) is 4.69. The van der Waals surface area contributed by atoms with E-state index in [0.29, 0.717) is 12.1 Å². The number of nitrogens with zero attached hydrogens (tertiary/aromatic N) is 2. The van der Waals surface area contributed by atoms with Gasteiger partial charge in [-0.25, -0.2) is 13.6 Å². The summed E-state index contributed by atoms with van der Waals surface area (Å²) >= 11 is 0. The van der Waals surface area contributed by atoms with Crippen LogP contribution >= 0.6 is 0 Å². The molecule has 0 aliphatic carbocycles. The summed E-state index contributed by atoms with van der Waals surface area (Å²) in [5.41, 5.74) is -4.09. The second kappa shape index (κ2) is 9.07. The molecule has 0 saturated heterocycles. The molecule has 0 unspecified atom stereocenters. The van der Waals surface area contributed by atoms with Gasteiger partial charge >= 0.3 is 12.2 Å². The Kier molecular flexibility index (Phi) is 6.90. The zero-order chi connectivity index (χ0) is 24.4. The molecule has 1 N–H and O–H groups in total. The highest BCUT2D eigenvalue weighted by Gasteiger charge is 2.43. The van der Waals surface area contributed by atoms with Crippen molar-refractivity contribution >= 4 is 17.6 Å². The van der Waals surface area contributed by atoms with E-state index in [1.165, 1.54) is 7.05 Å². The first-order valence-corrected chi connectivity index (χ1v) is 8.07. The molecule has 0 aliphatic heterocycles. The van der Waals surface area contributed by atoms with Crippen LogP contribution in [-0.2, 0) is 10.9 Å². The molecular formula is C17H10F7N3O5. The molecule has 0 radical (unpaired) electrons. The van der Waals surface area contributed by atoms with Crippen LogP contribution in [0.1, 0.15) is 11.1 Å². The van der Waals surface area contributed by atoms with Gasteiger partial charge in [-0.1, -0.05) is 0 Å². The van der Waals surface area contributed by atoms with Crippen LogP contribution in [-0.4, -0.2) is 31.0 Å². The van der Waals surface area contributed by atoms with Gasteiger partial charge < -0.3 is 14.8 Å². The summed E-state index contributed by atoms with van der Waals surface area (Å²) in [6.45, 7) is 0. The van der Waals surface area contributed by atoms with Gasteiger partial charge in [-0.05, 0) is 6.07 Å². The van der Waals surface area contributed by atoms with Crippen LogP contribution in [0.15, 0.2) is 23.2 Å². The second-order valence-corrected chi connectivity index (χ2v) is 5.67. The maximum Gasteiger partial charge on any atom is 0.422 e. The summed E-state index contributed by atoms with van der Waals surface area (Å²) in [6.07, 6.45) is -5.75. The summed E-state index contributed by atoms with van der Waals surface area (Å²) in [5, 5.41) is 13.3. The molecule has 172 valence electrons. The number of benzene rings is 2. The third kappa shape index (κ3) is 4.70. The second-order valence-electron chi connectivity index (χ2n) is 5.67. The Hall–Kier alpha value is -3.91. The summed E-state index contributed by atoms with van der Waals surface area (Å²) in [6, 6.07) is 1.08. The molecule has 0 bridgehead atoms. The first-order valence-electron chi connectivity index (χ1n) is 8.07. The van der Waals surface area contributed by atoms with Crippen LogP contribution in [0, 0.1) is 33.4 Å². The lowest BCUT2D eigenvalue weighted by Gasteiger charge is -2.15. The molecule has 0 aliphatic rings. The van der Waals surface area contributed by atoms with Crippen LogP contribution in [0.2, 0.25) is 0 Å². The molecule has 0 spiro atoms. The van der Waals surface area contributed by atoms with Crippen molar-refractivity contribution in [2.45, 2.75) is 6.18 Å². The van der Waals surface area contributed by atoms with E-state index in [0.717, 1.165) is 13.2 Å². The van der Waals surface area contributed by atoms with Crippen molar-refractivity contribution in [1.82, 2.24) is 5.32 Å². The lowest BCUT2D eigenvalue weighted by Crippen LogP contribution is -2.18. The van der Waals surface area contributed by atoms with Gasteiger partial charge in [-0.3, -0.25) is 10.1 Å². The molecule has 2 aromatic rings. The molecule has 15 heteroatoms. The van der Waals surface area contributed by atoms with Gasteiger partial charge in [0.2, 0.25) is 23.3 Å². The molecular weight excluding hydrogens is 459 g/mol. The van der Waals surface area contributed by atoms with E-state index < -0.39 is 74.6 Å². The van der Waals surface area contributed by atoms with E-state index in [4.69, 9.17) is 4.74 Å². The number of urea groups is 1. The van der Waals surface area contributed by atoms with E-state index in [-0.39, 0.29) is 0 Å². The quantitative estimate of drug-likeness (QED) is 0.175. The SMILES string of the molecule is CNC(=O)N=C(OC)c1cc(Oc2c(F)c(F)c(C(F)(F)F)c(F)c2F)ccc1[N+](=O)[O-]. The minimum Gasteiger partial charge on any atom is -0.480 e. The van der Waals surface area contributed by atoms with Crippen molar-refractivity contribution in [3.63, 3.8) is 0 Å². The Morgan fingerprint density at radius 2 is 1.66 bits per heavy atom. The van der Waals surface area contributed by atoms with Crippen molar-refractivity contribution in [1.29, 1.82) is 0 Å². The topological polar surface area (TPSA) is 103 Å². The lowest BCUT2D eigenvalue weighted by molar-refractivity contribution is -0.385. The Balaban J connectivity index is 2.66. The Labute approximate surface area is 173 Å². The normalized spacial score (nSPS) is 11.8. The summed E-state index contributed by atoms with van der Waals surface area (Å²) in [4.78, 5) is 25.1. The number of nitro benzene ring substituents is 1. The van der Waals surface area contributed by atoms with Gasteiger partial charge in [0, 0.05) is 19.2 Å². The molecule has 32 heavy (non-hydrogen) atoms. The van der Waals surface area contributed by atoms with Gasteiger partial charge in [0.1, 0.15) is 16.9 Å². The fraction of sp³-hybridized carbons (Fsp3) is 0.176. The smallest absolute Gasteiger partial charge is 0.422 e. The zero-order valence-corrected chi connectivity index (χ0v) is 15.8. The average molecular weight is 469 g/mol. The molecule has 0 saturated carbocycles.